The molecule has 4 nitrogen and oxygen atoms in total. The molecule has 0 aliphatic heterocycles. The van der Waals surface area contributed by atoms with Crippen LogP contribution in [0.3, 0.4) is 0 Å². The summed E-state index contributed by atoms with van der Waals surface area (Å²) in [5, 5.41) is 11.3. The second kappa shape index (κ2) is 4.91. The second-order valence-corrected chi connectivity index (χ2v) is 4.42. The first-order chi connectivity index (χ1) is 8.16. The molecule has 4 heteroatoms. The first kappa shape index (κ1) is 11.5. The Kier molecular flexibility index (Phi) is 3.32. The highest BCUT2D eigenvalue weighted by atomic mass is 15.5. The van der Waals surface area contributed by atoms with Crippen LogP contribution in [0.5, 0.6) is 0 Å². The number of hydrogen-bond acceptors (Lipinski definition) is 3. The van der Waals surface area contributed by atoms with Crippen molar-refractivity contribution in [3.8, 4) is 5.69 Å². The molecule has 0 amide bonds. The van der Waals surface area contributed by atoms with Crippen LogP contribution in [-0.2, 0) is 0 Å². The standard InChI is InChI=1S/C13H16N4/c1-10(2)4-6-12-8-11(3)5-7-13(12)17-9-14-15-16-17/h4-10H,1-3H3/b6-4+. The lowest BCUT2D eigenvalue weighted by Crippen LogP contribution is -1.98. The molecule has 1 aromatic heterocycles. The molecule has 0 aliphatic carbocycles. The van der Waals surface area contributed by atoms with Gasteiger partial charge in [-0.05, 0) is 35.4 Å². The molecule has 0 unspecified atom stereocenters. The first-order valence-electron chi connectivity index (χ1n) is 5.69. The van der Waals surface area contributed by atoms with Crippen LogP contribution >= 0.6 is 0 Å². The summed E-state index contributed by atoms with van der Waals surface area (Å²) in [7, 11) is 0. The maximum Gasteiger partial charge on any atom is 0.143 e. The van der Waals surface area contributed by atoms with Gasteiger partial charge in [-0.25, -0.2) is 0 Å². The zero-order chi connectivity index (χ0) is 12.3. The van der Waals surface area contributed by atoms with Crippen molar-refractivity contribution in [1.82, 2.24) is 20.2 Å². The van der Waals surface area contributed by atoms with Crippen LogP contribution in [0.25, 0.3) is 11.8 Å². The minimum Gasteiger partial charge on any atom is -0.200 e. The van der Waals surface area contributed by atoms with Gasteiger partial charge in [0.2, 0.25) is 0 Å². The molecule has 0 saturated heterocycles. The molecular formula is C13H16N4. The molecule has 0 aliphatic rings. The Morgan fingerprint density at radius 3 is 2.76 bits per heavy atom. The summed E-state index contributed by atoms with van der Waals surface area (Å²) in [6, 6.07) is 6.23. The topological polar surface area (TPSA) is 43.6 Å². The highest BCUT2D eigenvalue weighted by molar-refractivity contribution is 5.61. The van der Waals surface area contributed by atoms with Gasteiger partial charge in [0.1, 0.15) is 6.33 Å². The summed E-state index contributed by atoms with van der Waals surface area (Å²) >= 11 is 0. The van der Waals surface area contributed by atoms with Gasteiger partial charge in [0.25, 0.3) is 0 Å². The highest BCUT2D eigenvalue weighted by Crippen LogP contribution is 2.17. The fourth-order valence-corrected chi connectivity index (χ4v) is 1.58. The van der Waals surface area contributed by atoms with Crippen LogP contribution in [-0.4, -0.2) is 20.2 Å². The van der Waals surface area contributed by atoms with E-state index in [2.05, 4.69) is 60.6 Å². The van der Waals surface area contributed by atoms with Crippen molar-refractivity contribution in [2.24, 2.45) is 5.92 Å². The first-order valence-corrected chi connectivity index (χ1v) is 5.69. The molecule has 0 atom stereocenters. The van der Waals surface area contributed by atoms with E-state index in [9.17, 15) is 0 Å². The van der Waals surface area contributed by atoms with Crippen molar-refractivity contribution in [1.29, 1.82) is 0 Å². The molecule has 2 rings (SSSR count). The van der Waals surface area contributed by atoms with Gasteiger partial charge in [-0.15, -0.1) is 5.10 Å². The predicted molar refractivity (Wildman–Crippen MR) is 67.8 cm³/mol. The molecule has 17 heavy (non-hydrogen) atoms. The number of aromatic nitrogens is 4. The van der Waals surface area contributed by atoms with Crippen LogP contribution in [0.1, 0.15) is 25.0 Å². The lowest BCUT2D eigenvalue weighted by atomic mass is 10.1. The Morgan fingerprint density at radius 1 is 1.29 bits per heavy atom. The van der Waals surface area contributed by atoms with E-state index in [1.165, 1.54) is 5.56 Å². The summed E-state index contributed by atoms with van der Waals surface area (Å²) in [6.07, 6.45) is 5.90. The molecule has 1 aromatic carbocycles. The van der Waals surface area contributed by atoms with Gasteiger partial charge in [-0.3, -0.25) is 0 Å². The minimum atomic E-state index is 0.525. The van der Waals surface area contributed by atoms with Gasteiger partial charge >= 0.3 is 0 Å². The Hall–Kier alpha value is -1.97. The zero-order valence-corrected chi connectivity index (χ0v) is 10.3. The van der Waals surface area contributed by atoms with Crippen molar-refractivity contribution in [3.63, 3.8) is 0 Å². The van der Waals surface area contributed by atoms with Gasteiger partial charge in [-0.1, -0.05) is 37.6 Å². The lowest BCUT2D eigenvalue weighted by Gasteiger charge is -2.06. The Morgan fingerprint density at radius 2 is 2.12 bits per heavy atom. The van der Waals surface area contributed by atoms with E-state index in [1.54, 1.807) is 11.0 Å². The van der Waals surface area contributed by atoms with Gasteiger partial charge in [0.15, 0.2) is 0 Å². The average Bonchev–Trinajstić information content (AvgIpc) is 2.80. The van der Waals surface area contributed by atoms with E-state index < -0.39 is 0 Å². The van der Waals surface area contributed by atoms with E-state index in [0.717, 1.165) is 11.3 Å². The third-order valence-corrected chi connectivity index (χ3v) is 2.44. The van der Waals surface area contributed by atoms with Crippen molar-refractivity contribution in [2.75, 3.05) is 0 Å². The normalized spacial score (nSPS) is 11.5. The van der Waals surface area contributed by atoms with Crippen molar-refractivity contribution >= 4 is 6.08 Å². The zero-order valence-electron chi connectivity index (χ0n) is 10.3. The van der Waals surface area contributed by atoms with Crippen LogP contribution in [0, 0.1) is 12.8 Å². The molecule has 88 valence electrons. The molecule has 0 N–H and O–H groups in total. The largest absolute Gasteiger partial charge is 0.200 e. The van der Waals surface area contributed by atoms with Crippen LogP contribution in [0.2, 0.25) is 0 Å². The minimum absolute atomic E-state index is 0.525. The molecule has 0 saturated carbocycles. The van der Waals surface area contributed by atoms with E-state index in [4.69, 9.17) is 0 Å². The van der Waals surface area contributed by atoms with Gasteiger partial charge < -0.3 is 0 Å². The van der Waals surface area contributed by atoms with E-state index >= 15 is 0 Å². The molecule has 2 aromatic rings. The SMILES string of the molecule is Cc1ccc(-n2cnnn2)c(/C=C/C(C)C)c1. The van der Waals surface area contributed by atoms with Crippen LogP contribution in [0.15, 0.2) is 30.6 Å². The Bertz CT molecular complexity index is 512. The quantitative estimate of drug-likeness (QED) is 0.811. The lowest BCUT2D eigenvalue weighted by molar-refractivity contribution is 0.787. The average molecular weight is 228 g/mol. The monoisotopic (exact) mass is 228 g/mol. The molecule has 0 bridgehead atoms. The van der Waals surface area contributed by atoms with Crippen molar-refractivity contribution < 1.29 is 0 Å². The van der Waals surface area contributed by atoms with Crippen molar-refractivity contribution in [2.45, 2.75) is 20.8 Å². The predicted octanol–water partition coefficient (Wildman–Crippen LogP) is 2.64. The van der Waals surface area contributed by atoms with Crippen LogP contribution in [0.4, 0.5) is 0 Å². The Balaban J connectivity index is 2.45. The van der Waals surface area contributed by atoms with Gasteiger partial charge in [0, 0.05) is 5.56 Å². The fraction of sp³-hybridized carbons (Fsp3) is 0.308. The maximum atomic E-state index is 3.93. The number of nitrogens with zero attached hydrogens (tertiary/aromatic N) is 4. The third-order valence-electron chi connectivity index (χ3n) is 2.44. The molecule has 0 spiro atoms. The van der Waals surface area contributed by atoms with Crippen molar-refractivity contribution in [3.05, 3.63) is 41.7 Å². The van der Waals surface area contributed by atoms with E-state index in [1.807, 2.05) is 6.07 Å². The fourth-order valence-electron chi connectivity index (χ4n) is 1.58. The molecule has 0 fully saturated rings. The maximum absolute atomic E-state index is 3.93. The summed E-state index contributed by atoms with van der Waals surface area (Å²) < 4.78 is 1.68. The number of tetrazole rings is 1. The summed E-state index contributed by atoms with van der Waals surface area (Å²) in [5.41, 5.74) is 3.36. The second-order valence-electron chi connectivity index (χ2n) is 4.42. The number of benzene rings is 1. The Labute approximate surface area is 101 Å². The third kappa shape index (κ3) is 2.78. The summed E-state index contributed by atoms with van der Waals surface area (Å²) in [6.45, 7) is 6.39. The number of rotatable bonds is 3. The molecular weight excluding hydrogens is 212 g/mol. The van der Waals surface area contributed by atoms with E-state index in [-0.39, 0.29) is 0 Å². The summed E-state index contributed by atoms with van der Waals surface area (Å²) in [5.74, 6) is 0.525. The smallest absolute Gasteiger partial charge is 0.143 e. The molecule has 0 radical (unpaired) electrons. The number of hydrogen-bond donors (Lipinski definition) is 0. The number of allylic oxidation sites excluding steroid dienone is 1. The molecule has 1 heterocycles. The van der Waals surface area contributed by atoms with Gasteiger partial charge in [0.05, 0.1) is 5.69 Å². The van der Waals surface area contributed by atoms with E-state index in [0.29, 0.717) is 5.92 Å². The number of aryl methyl sites for hydroxylation is 1. The highest BCUT2D eigenvalue weighted by Gasteiger charge is 2.03. The summed E-state index contributed by atoms with van der Waals surface area (Å²) in [4.78, 5) is 0. The van der Waals surface area contributed by atoms with Gasteiger partial charge in [-0.2, -0.15) is 4.68 Å². The van der Waals surface area contributed by atoms with Crippen LogP contribution < -0.4 is 0 Å².